The molecule has 6 nitrogen and oxygen atoms in total. The molecule has 2 rings (SSSR count). The van der Waals surface area contributed by atoms with Gasteiger partial charge in [-0.2, -0.15) is 0 Å². The Hall–Kier alpha value is -1.95. The fraction of sp³-hybridized carbons (Fsp3) is 0.462. The normalized spacial score (nSPS) is 14.1. The van der Waals surface area contributed by atoms with Gasteiger partial charge in [-0.25, -0.2) is 0 Å². The van der Waals surface area contributed by atoms with Crippen LogP contribution >= 0.6 is 0 Å². The van der Waals surface area contributed by atoms with E-state index >= 15 is 0 Å². The molecule has 1 aromatic rings. The average molecular weight is 264 g/mol. The summed E-state index contributed by atoms with van der Waals surface area (Å²) in [6.07, 6.45) is 1.87. The van der Waals surface area contributed by atoms with Gasteiger partial charge in [-0.3, -0.25) is 14.4 Å². The molecule has 19 heavy (non-hydrogen) atoms. The molecular formula is C13H16N2O4. The van der Waals surface area contributed by atoms with Crippen molar-refractivity contribution in [1.82, 2.24) is 10.3 Å². The maximum atomic E-state index is 11.8. The molecule has 1 aliphatic carbocycles. The molecule has 0 bridgehead atoms. The summed E-state index contributed by atoms with van der Waals surface area (Å²) in [4.78, 5) is 38.0. The highest BCUT2D eigenvalue weighted by Crippen LogP contribution is 2.18. The van der Waals surface area contributed by atoms with E-state index in [0.717, 1.165) is 6.42 Å². The summed E-state index contributed by atoms with van der Waals surface area (Å²) in [7, 11) is 1.52. The van der Waals surface area contributed by atoms with Crippen LogP contribution in [-0.4, -0.2) is 36.9 Å². The molecule has 0 fully saturated rings. The second kappa shape index (κ2) is 5.79. The van der Waals surface area contributed by atoms with E-state index in [1.165, 1.54) is 13.2 Å². The molecule has 0 atom stereocenters. The highest BCUT2D eigenvalue weighted by molar-refractivity contribution is 6.01. The Bertz CT molecular complexity index is 562. The van der Waals surface area contributed by atoms with Crippen LogP contribution < -0.4 is 10.9 Å². The Balaban J connectivity index is 2.26. The zero-order valence-electron chi connectivity index (χ0n) is 10.7. The lowest BCUT2D eigenvalue weighted by Gasteiger charge is -2.14. The van der Waals surface area contributed by atoms with Gasteiger partial charge in [-0.1, -0.05) is 0 Å². The molecule has 0 aromatic carbocycles. The largest absolute Gasteiger partial charge is 0.383 e. The van der Waals surface area contributed by atoms with Crippen molar-refractivity contribution in [2.45, 2.75) is 19.3 Å². The minimum Gasteiger partial charge on any atom is -0.383 e. The van der Waals surface area contributed by atoms with Crippen LogP contribution in [-0.2, 0) is 11.2 Å². The zero-order valence-corrected chi connectivity index (χ0v) is 10.7. The predicted molar refractivity (Wildman–Crippen MR) is 68.5 cm³/mol. The van der Waals surface area contributed by atoms with Crippen LogP contribution in [0.3, 0.4) is 0 Å². The van der Waals surface area contributed by atoms with Crippen molar-refractivity contribution in [2.24, 2.45) is 0 Å². The van der Waals surface area contributed by atoms with E-state index in [4.69, 9.17) is 4.74 Å². The fourth-order valence-corrected chi connectivity index (χ4v) is 2.11. The summed E-state index contributed by atoms with van der Waals surface area (Å²) in [6, 6.07) is 1.40. The number of carbonyl (C=O) groups excluding carboxylic acids is 2. The number of Topliss-reactive ketones (excluding diaryl/α,β-unsaturated/α-hetero) is 1. The first-order valence-corrected chi connectivity index (χ1v) is 6.20. The van der Waals surface area contributed by atoms with Crippen molar-refractivity contribution in [1.29, 1.82) is 0 Å². The predicted octanol–water partition coefficient (Wildman–Crippen LogP) is 0.270. The molecule has 0 saturated carbocycles. The van der Waals surface area contributed by atoms with Crippen LogP contribution in [0.5, 0.6) is 0 Å². The van der Waals surface area contributed by atoms with Crippen molar-refractivity contribution in [2.75, 3.05) is 20.3 Å². The summed E-state index contributed by atoms with van der Waals surface area (Å²) in [5.41, 5.74) is 0.617. The number of methoxy groups -OCH3 is 1. The van der Waals surface area contributed by atoms with Crippen LogP contribution in [0.15, 0.2) is 10.9 Å². The van der Waals surface area contributed by atoms with Crippen LogP contribution in [0.25, 0.3) is 0 Å². The molecule has 102 valence electrons. The molecule has 0 aliphatic heterocycles. The van der Waals surface area contributed by atoms with Gasteiger partial charge in [0.1, 0.15) is 5.56 Å². The van der Waals surface area contributed by atoms with Crippen LogP contribution in [0.1, 0.15) is 39.3 Å². The van der Waals surface area contributed by atoms with Crippen LogP contribution in [0, 0.1) is 0 Å². The number of H-pyrrole nitrogens is 1. The Morgan fingerprint density at radius 3 is 2.95 bits per heavy atom. The number of hydrogen-bond acceptors (Lipinski definition) is 4. The number of ketones is 1. The third-order valence-electron chi connectivity index (χ3n) is 3.09. The lowest BCUT2D eigenvalue weighted by Crippen LogP contribution is -2.33. The highest BCUT2D eigenvalue weighted by Gasteiger charge is 2.21. The van der Waals surface area contributed by atoms with Crippen molar-refractivity contribution in [3.8, 4) is 0 Å². The molecule has 1 aromatic heterocycles. The van der Waals surface area contributed by atoms with E-state index in [-0.39, 0.29) is 11.3 Å². The number of amides is 1. The maximum absolute atomic E-state index is 11.8. The van der Waals surface area contributed by atoms with Crippen molar-refractivity contribution >= 4 is 11.7 Å². The lowest BCUT2D eigenvalue weighted by atomic mass is 9.93. The first kappa shape index (κ1) is 13.5. The Kier molecular flexibility index (Phi) is 4.11. The molecule has 2 N–H and O–H groups in total. The molecule has 6 heteroatoms. The van der Waals surface area contributed by atoms with E-state index in [1.54, 1.807) is 0 Å². The van der Waals surface area contributed by atoms with E-state index in [9.17, 15) is 14.4 Å². The number of aromatic nitrogens is 1. The Morgan fingerprint density at radius 2 is 2.21 bits per heavy atom. The van der Waals surface area contributed by atoms with E-state index < -0.39 is 11.5 Å². The summed E-state index contributed by atoms with van der Waals surface area (Å²) >= 11 is 0. The van der Waals surface area contributed by atoms with Gasteiger partial charge < -0.3 is 15.0 Å². The fourth-order valence-electron chi connectivity index (χ4n) is 2.11. The zero-order chi connectivity index (χ0) is 13.8. The Morgan fingerprint density at radius 1 is 1.42 bits per heavy atom. The SMILES string of the molecule is COCCNC(=O)c1cc2c([nH]c1=O)CCCC2=O. The number of aromatic amines is 1. The van der Waals surface area contributed by atoms with Crippen molar-refractivity contribution < 1.29 is 14.3 Å². The first-order valence-electron chi connectivity index (χ1n) is 6.20. The third kappa shape index (κ3) is 2.90. The standard InChI is InChI=1S/C13H16N2O4/c1-19-6-5-14-12(17)9-7-8-10(15-13(9)18)3-2-4-11(8)16/h7H,2-6H2,1H3,(H,14,17)(H,15,18). The van der Waals surface area contributed by atoms with E-state index in [1.807, 2.05) is 0 Å². The van der Waals surface area contributed by atoms with Gasteiger partial charge in [0.05, 0.1) is 6.61 Å². The van der Waals surface area contributed by atoms with Crippen molar-refractivity contribution in [3.63, 3.8) is 0 Å². The smallest absolute Gasteiger partial charge is 0.261 e. The van der Waals surface area contributed by atoms with Gasteiger partial charge in [0, 0.05) is 31.3 Å². The van der Waals surface area contributed by atoms with Crippen LogP contribution in [0.4, 0.5) is 0 Å². The molecule has 1 heterocycles. The topological polar surface area (TPSA) is 88.3 Å². The molecule has 0 radical (unpaired) electrons. The summed E-state index contributed by atoms with van der Waals surface area (Å²) in [5, 5.41) is 2.57. The summed E-state index contributed by atoms with van der Waals surface area (Å²) in [6.45, 7) is 0.688. The summed E-state index contributed by atoms with van der Waals surface area (Å²) in [5.74, 6) is -0.511. The average Bonchev–Trinajstić information content (AvgIpc) is 2.38. The highest BCUT2D eigenvalue weighted by atomic mass is 16.5. The minimum absolute atomic E-state index is 0.0231. The monoisotopic (exact) mass is 264 g/mol. The number of rotatable bonds is 4. The number of carbonyl (C=O) groups is 2. The number of hydrogen-bond donors (Lipinski definition) is 2. The minimum atomic E-state index is -0.487. The molecule has 0 spiro atoms. The van der Waals surface area contributed by atoms with Gasteiger partial charge >= 0.3 is 0 Å². The van der Waals surface area contributed by atoms with E-state index in [0.29, 0.717) is 37.3 Å². The second-order valence-electron chi connectivity index (χ2n) is 4.43. The van der Waals surface area contributed by atoms with Gasteiger partial charge in [-0.05, 0) is 18.9 Å². The first-order chi connectivity index (χ1) is 9.13. The van der Waals surface area contributed by atoms with Crippen LogP contribution in [0.2, 0.25) is 0 Å². The molecule has 1 aliphatic rings. The van der Waals surface area contributed by atoms with Gasteiger partial charge in [-0.15, -0.1) is 0 Å². The molecule has 1 amide bonds. The molecular weight excluding hydrogens is 248 g/mol. The number of fused-ring (bicyclic) bond motifs is 1. The third-order valence-corrected chi connectivity index (χ3v) is 3.09. The van der Waals surface area contributed by atoms with Gasteiger partial charge in [0.25, 0.3) is 11.5 Å². The van der Waals surface area contributed by atoms with E-state index in [2.05, 4.69) is 10.3 Å². The molecule has 0 saturated heterocycles. The van der Waals surface area contributed by atoms with Crippen molar-refractivity contribution in [3.05, 3.63) is 33.2 Å². The number of pyridine rings is 1. The van der Waals surface area contributed by atoms with Gasteiger partial charge in [0.2, 0.25) is 0 Å². The Labute approximate surface area is 110 Å². The van der Waals surface area contributed by atoms with Gasteiger partial charge in [0.15, 0.2) is 5.78 Å². The quantitative estimate of drug-likeness (QED) is 0.764. The summed E-state index contributed by atoms with van der Waals surface area (Å²) < 4.78 is 4.81. The second-order valence-corrected chi connectivity index (χ2v) is 4.43. The maximum Gasteiger partial charge on any atom is 0.261 e. The number of aryl methyl sites for hydroxylation is 1. The number of nitrogens with one attached hydrogen (secondary N) is 2. The number of ether oxygens (including phenoxy) is 1. The lowest BCUT2D eigenvalue weighted by molar-refractivity contribution is 0.0935. The molecule has 0 unspecified atom stereocenters.